The van der Waals surface area contributed by atoms with Crippen LogP contribution in [0.2, 0.25) is 0 Å². The van der Waals surface area contributed by atoms with Crippen molar-refractivity contribution in [3.8, 4) is 0 Å². The minimum absolute atomic E-state index is 0.295. The average molecular weight is 264 g/mol. The van der Waals surface area contributed by atoms with Gasteiger partial charge in [-0.3, -0.25) is 4.79 Å². The first kappa shape index (κ1) is 16.2. The monoisotopic (exact) mass is 264 g/mol. The number of thioether (sulfide) groups is 1. The number of hydrogen-bond acceptors (Lipinski definition) is 4. The number of aliphatic carboxylic acids is 2. The van der Waals surface area contributed by atoms with Crippen LogP contribution in [0.25, 0.3) is 0 Å². The second kappa shape index (κ2) is 9.30. The third-order valence-electron chi connectivity index (χ3n) is 2.38. The van der Waals surface area contributed by atoms with Gasteiger partial charge in [-0.05, 0) is 31.3 Å². The highest BCUT2D eigenvalue weighted by Crippen LogP contribution is 2.09. The van der Waals surface area contributed by atoms with Crippen LogP contribution in [0.5, 0.6) is 0 Å². The van der Waals surface area contributed by atoms with Gasteiger partial charge in [0.1, 0.15) is 0 Å². The van der Waals surface area contributed by atoms with Crippen LogP contribution < -0.4 is 0 Å². The molecule has 0 saturated carbocycles. The summed E-state index contributed by atoms with van der Waals surface area (Å²) in [5.74, 6) is -1.46. The summed E-state index contributed by atoms with van der Waals surface area (Å²) in [5, 5.41) is 17.5. The van der Waals surface area contributed by atoms with Crippen LogP contribution in [-0.2, 0) is 14.3 Å². The normalized spacial score (nSPS) is 14.2. The van der Waals surface area contributed by atoms with Crippen molar-refractivity contribution in [2.24, 2.45) is 5.92 Å². The van der Waals surface area contributed by atoms with Gasteiger partial charge in [0.2, 0.25) is 0 Å². The summed E-state index contributed by atoms with van der Waals surface area (Å²) < 4.78 is 5.23. The summed E-state index contributed by atoms with van der Waals surface area (Å²) >= 11 is 1.57. The second-order valence-corrected chi connectivity index (χ2v) is 4.85. The third-order valence-corrected chi connectivity index (χ3v) is 3.03. The summed E-state index contributed by atoms with van der Waals surface area (Å²) in [5.41, 5.74) is 0. The van der Waals surface area contributed by atoms with E-state index >= 15 is 0 Å². The Morgan fingerprint density at radius 1 is 1.24 bits per heavy atom. The molecule has 0 rings (SSSR count). The highest BCUT2D eigenvalue weighted by atomic mass is 32.2. The molecule has 6 heteroatoms. The molecule has 0 bridgehead atoms. The Morgan fingerprint density at radius 3 is 2.35 bits per heavy atom. The Hall–Kier alpha value is -0.750. The van der Waals surface area contributed by atoms with Crippen LogP contribution in [0.4, 0.5) is 0 Å². The van der Waals surface area contributed by atoms with Crippen LogP contribution in [0.3, 0.4) is 0 Å². The molecule has 0 fully saturated rings. The third kappa shape index (κ3) is 8.04. The summed E-state index contributed by atoms with van der Waals surface area (Å²) in [6, 6.07) is 0. The molecule has 17 heavy (non-hydrogen) atoms. The Kier molecular flexibility index (Phi) is 8.89. The molecule has 0 saturated heterocycles. The van der Waals surface area contributed by atoms with Crippen LogP contribution in [-0.4, -0.2) is 46.9 Å². The van der Waals surface area contributed by atoms with Gasteiger partial charge in [0, 0.05) is 6.61 Å². The van der Waals surface area contributed by atoms with E-state index in [1.54, 1.807) is 18.7 Å². The first-order chi connectivity index (χ1) is 7.99. The van der Waals surface area contributed by atoms with E-state index < -0.39 is 24.0 Å². The summed E-state index contributed by atoms with van der Waals surface area (Å²) in [6.45, 7) is 1.92. The minimum Gasteiger partial charge on any atom is -0.481 e. The van der Waals surface area contributed by atoms with Gasteiger partial charge in [0.15, 0.2) is 6.10 Å². The SMILES string of the molecule is CSCCC(OCCCC(C)C(=O)O)C(=O)O. The molecule has 0 aliphatic rings. The zero-order chi connectivity index (χ0) is 13.3. The predicted molar refractivity (Wildman–Crippen MR) is 66.4 cm³/mol. The lowest BCUT2D eigenvalue weighted by Crippen LogP contribution is -2.25. The van der Waals surface area contributed by atoms with Gasteiger partial charge in [-0.25, -0.2) is 4.79 Å². The van der Waals surface area contributed by atoms with E-state index in [0.29, 0.717) is 25.9 Å². The molecular weight excluding hydrogens is 244 g/mol. The highest BCUT2D eigenvalue weighted by Gasteiger charge is 2.17. The lowest BCUT2D eigenvalue weighted by atomic mass is 10.1. The minimum atomic E-state index is -0.953. The van der Waals surface area contributed by atoms with Gasteiger partial charge >= 0.3 is 11.9 Å². The number of carbonyl (C=O) groups is 2. The maximum atomic E-state index is 10.8. The first-order valence-corrected chi connectivity index (χ1v) is 6.94. The lowest BCUT2D eigenvalue weighted by molar-refractivity contribution is -0.151. The number of carboxylic acid groups (broad SMARTS) is 2. The van der Waals surface area contributed by atoms with E-state index in [9.17, 15) is 9.59 Å². The predicted octanol–water partition coefficient (Wildman–Crippen LogP) is 1.71. The van der Waals surface area contributed by atoms with Crippen molar-refractivity contribution in [2.75, 3.05) is 18.6 Å². The molecule has 0 aromatic rings. The van der Waals surface area contributed by atoms with E-state index in [0.717, 1.165) is 5.75 Å². The Bertz CT molecular complexity index is 244. The fraction of sp³-hybridized carbons (Fsp3) is 0.818. The molecule has 2 atom stereocenters. The van der Waals surface area contributed by atoms with E-state index in [4.69, 9.17) is 14.9 Å². The van der Waals surface area contributed by atoms with Gasteiger partial charge in [-0.1, -0.05) is 6.92 Å². The van der Waals surface area contributed by atoms with Crippen molar-refractivity contribution >= 4 is 23.7 Å². The molecule has 100 valence electrons. The lowest BCUT2D eigenvalue weighted by Gasteiger charge is -2.13. The summed E-state index contributed by atoms with van der Waals surface area (Å²) in [6.07, 6.45) is 2.68. The van der Waals surface area contributed by atoms with Gasteiger partial charge in [-0.15, -0.1) is 0 Å². The topological polar surface area (TPSA) is 83.8 Å². The van der Waals surface area contributed by atoms with Crippen molar-refractivity contribution in [2.45, 2.75) is 32.3 Å². The van der Waals surface area contributed by atoms with Crippen molar-refractivity contribution in [3.63, 3.8) is 0 Å². The standard InChI is InChI=1S/C11H20O5S/c1-8(10(12)13)4-3-6-16-9(11(14)15)5-7-17-2/h8-9H,3-7H2,1-2H3,(H,12,13)(H,14,15). The smallest absolute Gasteiger partial charge is 0.332 e. The van der Waals surface area contributed by atoms with Gasteiger partial charge in [0.05, 0.1) is 5.92 Å². The largest absolute Gasteiger partial charge is 0.481 e. The van der Waals surface area contributed by atoms with Crippen LogP contribution in [0.1, 0.15) is 26.2 Å². The molecule has 0 aliphatic heterocycles. The van der Waals surface area contributed by atoms with Crippen LogP contribution in [0.15, 0.2) is 0 Å². The first-order valence-electron chi connectivity index (χ1n) is 5.55. The maximum Gasteiger partial charge on any atom is 0.332 e. The average Bonchev–Trinajstić information content (AvgIpc) is 2.27. The number of ether oxygens (including phenoxy) is 1. The molecule has 5 nitrogen and oxygen atoms in total. The van der Waals surface area contributed by atoms with Gasteiger partial charge < -0.3 is 14.9 Å². The Morgan fingerprint density at radius 2 is 1.88 bits per heavy atom. The second-order valence-electron chi connectivity index (χ2n) is 3.86. The summed E-state index contributed by atoms with van der Waals surface area (Å²) in [7, 11) is 0. The van der Waals surface area contributed by atoms with Gasteiger partial charge in [0.25, 0.3) is 0 Å². The summed E-state index contributed by atoms with van der Waals surface area (Å²) in [4.78, 5) is 21.4. The highest BCUT2D eigenvalue weighted by molar-refractivity contribution is 7.98. The van der Waals surface area contributed by atoms with Crippen molar-refractivity contribution in [1.82, 2.24) is 0 Å². The molecule has 0 radical (unpaired) electrons. The van der Waals surface area contributed by atoms with E-state index in [2.05, 4.69) is 0 Å². The number of carboxylic acids is 2. The fourth-order valence-electron chi connectivity index (χ4n) is 1.24. The van der Waals surface area contributed by atoms with Crippen molar-refractivity contribution in [1.29, 1.82) is 0 Å². The zero-order valence-electron chi connectivity index (χ0n) is 10.2. The van der Waals surface area contributed by atoms with E-state index in [1.807, 2.05) is 6.26 Å². The molecule has 0 aromatic heterocycles. The number of hydrogen-bond donors (Lipinski definition) is 2. The van der Waals surface area contributed by atoms with Gasteiger partial charge in [-0.2, -0.15) is 11.8 Å². The molecule has 2 N–H and O–H groups in total. The van der Waals surface area contributed by atoms with E-state index in [1.165, 1.54) is 0 Å². The zero-order valence-corrected chi connectivity index (χ0v) is 11.0. The Balaban J connectivity index is 3.75. The maximum absolute atomic E-state index is 10.8. The molecule has 0 amide bonds. The fourth-order valence-corrected chi connectivity index (χ4v) is 1.69. The molecule has 0 heterocycles. The molecule has 0 aromatic carbocycles. The molecular formula is C11H20O5S. The molecule has 2 unspecified atom stereocenters. The molecule has 0 aliphatic carbocycles. The van der Waals surface area contributed by atoms with Crippen LogP contribution in [0, 0.1) is 5.92 Å². The number of rotatable bonds is 10. The van der Waals surface area contributed by atoms with Crippen LogP contribution >= 0.6 is 11.8 Å². The quantitative estimate of drug-likeness (QED) is 0.584. The van der Waals surface area contributed by atoms with Crippen molar-refractivity contribution < 1.29 is 24.5 Å². The Labute approximate surface area is 106 Å². The molecule has 0 spiro atoms. The van der Waals surface area contributed by atoms with Crippen molar-refractivity contribution in [3.05, 3.63) is 0 Å². The van der Waals surface area contributed by atoms with E-state index in [-0.39, 0.29) is 0 Å².